The van der Waals surface area contributed by atoms with E-state index in [1.165, 1.54) is 11.5 Å². The maximum absolute atomic E-state index is 12.2. The Balaban J connectivity index is 3.09. The average Bonchev–Trinajstić information content (AvgIpc) is 2.30. The van der Waals surface area contributed by atoms with E-state index in [0.29, 0.717) is 5.82 Å². The lowest BCUT2D eigenvalue weighted by atomic mass is 10.3. The van der Waals surface area contributed by atoms with Gasteiger partial charge in [0, 0.05) is 0 Å². The number of hydrogen-bond acceptors (Lipinski definition) is 2. The van der Waals surface area contributed by atoms with Crippen molar-refractivity contribution in [3.05, 3.63) is 10.6 Å². The lowest BCUT2D eigenvalue weighted by Gasteiger charge is -2.12. The van der Waals surface area contributed by atoms with E-state index >= 15 is 0 Å². The first-order chi connectivity index (χ1) is 5.54. The van der Waals surface area contributed by atoms with E-state index in [4.69, 9.17) is 12.2 Å². The fourth-order valence-electron chi connectivity index (χ4n) is 0.976. The number of alkyl halides is 2. The van der Waals surface area contributed by atoms with Crippen LogP contribution in [0.3, 0.4) is 0 Å². The number of halogens is 2. The third kappa shape index (κ3) is 1.52. The van der Waals surface area contributed by atoms with Gasteiger partial charge in [0.2, 0.25) is 0 Å². The molecule has 68 valence electrons. The molecule has 0 fully saturated rings. The molecular formula is C6H9F2N3S. The van der Waals surface area contributed by atoms with E-state index in [2.05, 4.69) is 10.2 Å². The Morgan fingerprint density at radius 1 is 1.58 bits per heavy atom. The molecule has 1 aromatic heterocycles. The average molecular weight is 193 g/mol. The van der Waals surface area contributed by atoms with Crippen LogP contribution in [0.4, 0.5) is 8.78 Å². The van der Waals surface area contributed by atoms with Crippen molar-refractivity contribution in [2.75, 3.05) is 0 Å². The Bertz CT molecular complexity index is 317. The maximum Gasteiger partial charge on any atom is 0.258 e. The molecule has 0 saturated heterocycles. The van der Waals surface area contributed by atoms with Crippen LogP contribution in [0.1, 0.15) is 18.8 Å². The molecule has 0 spiro atoms. The summed E-state index contributed by atoms with van der Waals surface area (Å²) in [5.41, 5.74) is 0. The number of aromatic amines is 1. The summed E-state index contributed by atoms with van der Waals surface area (Å²) >= 11 is 4.78. The molecule has 0 saturated carbocycles. The van der Waals surface area contributed by atoms with Gasteiger partial charge in [0.15, 0.2) is 4.77 Å². The van der Waals surface area contributed by atoms with Crippen LogP contribution in [-0.4, -0.2) is 21.2 Å². The third-order valence-corrected chi connectivity index (χ3v) is 1.94. The van der Waals surface area contributed by atoms with Gasteiger partial charge in [-0.15, -0.1) is 0 Å². The summed E-state index contributed by atoms with van der Waals surface area (Å²) in [4.78, 5) is 0. The summed E-state index contributed by atoms with van der Waals surface area (Å²) in [6.45, 7) is 3.04. The molecule has 1 N–H and O–H groups in total. The summed E-state index contributed by atoms with van der Waals surface area (Å²) in [5, 5.41) is 6.19. The summed E-state index contributed by atoms with van der Waals surface area (Å²) < 4.78 is 26.0. The minimum Gasteiger partial charge on any atom is -0.296 e. The first-order valence-electron chi connectivity index (χ1n) is 3.45. The number of rotatable bonds is 2. The number of nitrogens with zero attached hydrogens (tertiary/aromatic N) is 2. The Kier molecular flexibility index (Phi) is 2.56. The second-order valence-electron chi connectivity index (χ2n) is 2.52. The van der Waals surface area contributed by atoms with Crippen LogP contribution in [-0.2, 0) is 0 Å². The minimum absolute atomic E-state index is 0.236. The van der Waals surface area contributed by atoms with Crippen molar-refractivity contribution in [2.45, 2.75) is 26.3 Å². The first-order valence-corrected chi connectivity index (χ1v) is 3.86. The van der Waals surface area contributed by atoms with E-state index in [1.807, 2.05) is 0 Å². The Morgan fingerprint density at radius 2 is 2.17 bits per heavy atom. The molecule has 0 aliphatic rings. The summed E-state index contributed by atoms with van der Waals surface area (Å²) in [6, 6.07) is -0.920. The van der Waals surface area contributed by atoms with E-state index in [-0.39, 0.29) is 4.77 Å². The number of H-pyrrole nitrogens is 1. The van der Waals surface area contributed by atoms with Crippen LogP contribution in [0.15, 0.2) is 0 Å². The Labute approximate surface area is 73.4 Å². The second-order valence-corrected chi connectivity index (χ2v) is 2.91. The zero-order valence-corrected chi connectivity index (χ0v) is 7.53. The molecule has 1 atom stereocenters. The fourth-order valence-corrected chi connectivity index (χ4v) is 1.32. The van der Waals surface area contributed by atoms with Gasteiger partial charge in [-0.05, 0) is 26.1 Å². The molecular weight excluding hydrogens is 184 g/mol. The lowest BCUT2D eigenvalue weighted by Crippen LogP contribution is -2.15. The molecule has 0 amide bonds. The van der Waals surface area contributed by atoms with E-state index < -0.39 is 12.5 Å². The standard InChI is InChI=1S/C6H9F2N3S/c1-3(5(7)8)11-4(2)9-10-6(11)12/h3,5H,1-2H3,(H,10,12). The van der Waals surface area contributed by atoms with E-state index in [9.17, 15) is 8.78 Å². The molecule has 12 heavy (non-hydrogen) atoms. The highest BCUT2D eigenvalue weighted by molar-refractivity contribution is 7.71. The van der Waals surface area contributed by atoms with Gasteiger partial charge in [-0.2, -0.15) is 5.10 Å². The van der Waals surface area contributed by atoms with Gasteiger partial charge in [-0.3, -0.25) is 9.67 Å². The smallest absolute Gasteiger partial charge is 0.258 e. The van der Waals surface area contributed by atoms with Gasteiger partial charge in [0.1, 0.15) is 5.82 Å². The fraction of sp³-hybridized carbons (Fsp3) is 0.667. The highest BCUT2D eigenvalue weighted by Crippen LogP contribution is 2.16. The molecule has 6 heteroatoms. The van der Waals surface area contributed by atoms with Crippen molar-refractivity contribution in [3.63, 3.8) is 0 Å². The lowest BCUT2D eigenvalue weighted by molar-refractivity contribution is 0.0896. The zero-order valence-electron chi connectivity index (χ0n) is 6.71. The molecule has 3 nitrogen and oxygen atoms in total. The normalized spacial score (nSPS) is 13.8. The molecule has 0 aliphatic carbocycles. The molecule has 0 aliphatic heterocycles. The molecule has 1 rings (SSSR count). The monoisotopic (exact) mass is 193 g/mol. The van der Waals surface area contributed by atoms with Gasteiger partial charge >= 0.3 is 0 Å². The molecule has 0 radical (unpaired) electrons. The van der Waals surface area contributed by atoms with Crippen molar-refractivity contribution in [3.8, 4) is 0 Å². The molecule has 0 aromatic carbocycles. The second kappa shape index (κ2) is 3.30. The van der Waals surface area contributed by atoms with Crippen molar-refractivity contribution < 1.29 is 8.78 Å². The van der Waals surface area contributed by atoms with Crippen LogP contribution < -0.4 is 0 Å². The maximum atomic E-state index is 12.2. The topological polar surface area (TPSA) is 33.6 Å². The molecule has 0 bridgehead atoms. The Morgan fingerprint density at radius 3 is 2.50 bits per heavy atom. The highest BCUT2D eigenvalue weighted by Gasteiger charge is 2.19. The number of hydrogen-bond donors (Lipinski definition) is 1. The van der Waals surface area contributed by atoms with Gasteiger partial charge in [0.05, 0.1) is 6.04 Å². The van der Waals surface area contributed by atoms with Crippen LogP contribution in [0, 0.1) is 11.7 Å². The Hall–Kier alpha value is -0.780. The number of nitrogens with one attached hydrogen (secondary N) is 1. The van der Waals surface area contributed by atoms with Crippen LogP contribution in [0.5, 0.6) is 0 Å². The van der Waals surface area contributed by atoms with Crippen molar-refractivity contribution in [2.24, 2.45) is 0 Å². The first kappa shape index (κ1) is 9.31. The van der Waals surface area contributed by atoms with Gasteiger partial charge in [-0.1, -0.05) is 0 Å². The molecule has 1 unspecified atom stereocenters. The SMILES string of the molecule is Cc1n[nH]c(=S)n1C(C)C(F)F. The van der Waals surface area contributed by atoms with Crippen molar-refractivity contribution in [1.29, 1.82) is 0 Å². The van der Waals surface area contributed by atoms with Crippen LogP contribution >= 0.6 is 12.2 Å². The zero-order chi connectivity index (χ0) is 9.30. The highest BCUT2D eigenvalue weighted by atomic mass is 32.1. The predicted molar refractivity (Wildman–Crippen MR) is 42.9 cm³/mol. The molecule has 1 heterocycles. The number of aromatic nitrogens is 3. The van der Waals surface area contributed by atoms with Crippen LogP contribution in [0.2, 0.25) is 0 Å². The third-order valence-electron chi connectivity index (χ3n) is 1.65. The number of aryl methyl sites for hydroxylation is 1. The summed E-state index contributed by atoms with van der Waals surface area (Å²) in [6.07, 6.45) is -2.42. The summed E-state index contributed by atoms with van der Waals surface area (Å²) in [5.74, 6) is 0.479. The minimum atomic E-state index is -2.42. The van der Waals surface area contributed by atoms with Gasteiger partial charge in [0.25, 0.3) is 6.43 Å². The van der Waals surface area contributed by atoms with E-state index in [1.54, 1.807) is 6.92 Å². The van der Waals surface area contributed by atoms with Gasteiger partial charge in [-0.25, -0.2) is 8.78 Å². The quantitative estimate of drug-likeness (QED) is 0.729. The molecule has 1 aromatic rings. The van der Waals surface area contributed by atoms with Crippen molar-refractivity contribution in [1.82, 2.24) is 14.8 Å². The van der Waals surface area contributed by atoms with Crippen LogP contribution in [0.25, 0.3) is 0 Å². The predicted octanol–water partition coefficient (Wildman–Crippen LogP) is 2.08. The van der Waals surface area contributed by atoms with Gasteiger partial charge < -0.3 is 0 Å². The summed E-state index contributed by atoms with van der Waals surface area (Å²) in [7, 11) is 0. The largest absolute Gasteiger partial charge is 0.296 e. The van der Waals surface area contributed by atoms with Crippen molar-refractivity contribution >= 4 is 12.2 Å². The van der Waals surface area contributed by atoms with E-state index in [0.717, 1.165) is 0 Å².